The highest BCUT2D eigenvalue weighted by atomic mass is 35.5. The molecule has 0 saturated carbocycles. The zero-order chi connectivity index (χ0) is 13.2. The van der Waals surface area contributed by atoms with E-state index < -0.39 is 10.0 Å². The summed E-state index contributed by atoms with van der Waals surface area (Å²) in [4.78, 5) is 3.86. The van der Waals surface area contributed by atoms with E-state index in [4.69, 9.17) is 17.3 Å². The minimum atomic E-state index is -3.67. The molecule has 0 fully saturated rings. The van der Waals surface area contributed by atoms with Crippen LogP contribution in [-0.2, 0) is 10.0 Å². The molecule has 0 amide bonds. The number of halogens is 1. The Kier molecular flexibility index (Phi) is 3.40. The Morgan fingerprint density at radius 3 is 2.67 bits per heavy atom. The number of nitrogens with two attached hydrogens (primary N) is 1. The van der Waals surface area contributed by atoms with Crippen molar-refractivity contribution in [3.63, 3.8) is 0 Å². The van der Waals surface area contributed by atoms with Crippen LogP contribution in [0.25, 0.3) is 0 Å². The van der Waals surface area contributed by atoms with Gasteiger partial charge in [-0.25, -0.2) is 13.4 Å². The van der Waals surface area contributed by atoms with Crippen LogP contribution in [0.2, 0.25) is 5.15 Å². The number of nitrogens with zero attached hydrogens (tertiary/aromatic N) is 1. The van der Waals surface area contributed by atoms with Crippen LogP contribution < -0.4 is 10.5 Å². The lowest BCUT2D eigenvalue weighted by atomic mass is 10.3. The molecule has 2 rings (SSSR count). The van der Waals surface area contributed by atoms with E-state index in [1.54, 1.807) is 12.1 Å². The van der Waals surface area contributed by atoms with Crippen molar-refractivity contribution >= 4 is 33.0 Å². The molecule has 1 heterocycles. The van der Waals surface area contributed by atoms with Crippen molar-refractivity contribution in [2.45, 2.75) is 4.90 Å². The second kappa shape index (κ2) is 4.83. The molecular formula is C11H10ClN3O2S. The standard InChI is InChI=1S/C11H10ClN3O2S/c12-11-7-9(4-5-14-11)15-18(16,17)10-3-1-2-8(13)6-10/h1-7H,13H2,(H,14,15). The molecule has 0 unspecified atom stereocenters. The highest BCUT2D eigenvalue weighted by molar-refractivity contribution is 7.92. The molecule has 0 atom stereocenters. The Labute approximate surface area is 110 Å². The van der Waals surface area contributed by atoms with E-state index in [1.165, 1.54) is 30.5 Å². The van der Waals surface area contributed by atoms with Crippen LogP contribution in [0, 0.1) is 0 Å². The molecule has 18 heavy (non-hydrogen) atoms. The number of pyridine rings is 1. The zero-order valence-corrected chi connectivity index (χ0v) is 10.7. The second-order valence-corrected chi connectivity index (χ2v) is 5.61. The highest BCUT2D eigenvalue weighted by Gasteiger charge is 2.14. The Morgan fingerprint density at radius 1 is 1.22 bits per heavy atom. The number of nitrogens with one attached hydrogen (secondary N) is 1. The summed E-state index contributed by atoms with van der Waals surface area (Å²) in [5.74, 6) is 0. The number of hydrogen-bond donors (Lipinski definition) is 2. The summed E-state index contributed by atoms with van der Waals surface area (Å²) in [5, 5.41) is 0.211. The van der Waals surface area contributed by atoms with Gasteiger partial charge in [0.2, 0.25) is 0 Å². The molecule has 2 aromatic rings. The number of aromatic nitrogens is 1. The molecule has 0 radical (unpaired) electrons. The summed E-state index contributed by atoms with van der Waals surface area (Å²) in [5.41, 5.74) is 6.27. The van der Waals surface area contributed by atoms with Gasteiger partial charge in [-0.1, -0.05) is 17.7 Å². The van der Waals surface area contributed by atoms with Crippen LogP contribution in [0.3, 0.4) is 0 Å². The fraction of sp³-hybridized carbons (Fsp3) is 0. The van der Waals surface area contributed by atoms with E-state index >= 15 is 0 Å². The maximum absolute atomic E-state index is 12.0. The molecule has 1 aromatic carbocycles. The van der Waals surface area contributed by atoms with E-state index in [0.717, 1.165) is 0 Å². The van der Waals surface area contributed by atoms with Gasteiger partial charge in [-0.05, 0) is 30.3 Å². The first-order valence-corrected chi connectivity index (χ1v) is 6.83. The first-order valence-electron chi connectivity index (χ1n) is 4.97. The van der Waals surface area contributed by atoms with Gasteiger partial charge >= 0.3 is 0 Å². The third-order valence-corrected chi connectivity index (χ3v) is 3.73. The Hall–Kier alpha value is -1.79. The van der Waals surface area contributed by atoms with E-state index in [-0.39, 0.29) is 10.0 Å². The summed E-state index contributed by atoms with van der Waals surface area (Å²) in [6.07, 6.45) is 1.42. The second-order valence-electron chi connectivity index (χ2n) is 3.55. The molecule has 5 nitrogen and oxygen atoms in total. The first kappa shape index (κ1) is 12.7. The molecule has 0 saturated heterocycles. The molecule has 0 bridgehead atoms. The van der Waals surface area contributed by atoms with Crippen molar-refractivity contribution in [1.29, 1.82) is 0 Å². The molecule has 1 aromatic heterocycles. The third kappa shape index (κ3) is 2.91. The molecule has 0 aliphatic carbocycles. The van der Waals surface area contributed by atoms with Crippen LogP contribution in [0.5, 0.6) is 0 Å². The maximum atomic E-state index is 12.0. The molecule has 0 aliphatic rings. The van der Waals surface area contributed by atoms with Crippen molar-refractivity contribution < 1.29 is 8.42 Å². The Balaban J connectivity index is 2.33. The lowest BCUT2D eigenvalue weighted by Crippen LogP contribution is -2.13. The Morgan fingerprint density at radius 2 is 2.00 bits per heavy atom. The van der Waals surface area contributed by atoms with Gasteiger partial charge in [-0.2, -0.15) is 0 Å². The number of anilines is 2. The predicted octanol–water partition coefficient (Wildman–Crippen LogP) is 2.12. The van der Waals surface area contributed by atoms with Crippen LogP contribution in [0.15, 0.2) is 47.5 Å². The molecular weight excluding hydrogens is 274 g/mol. The van der Waals surface area contributed by atoms with Crippen molar-refractivity contribution in [3.05, 3.63) is 47.7 Å². The lowest BCUT2D eigenvalue weighted by molar-refractivity contribution is 0.601. The van der Waals surface area contributed by atoms with Gasteiger partial charge in [0.25, 0.3) is 10.0 Å². The van der Waals surface area contributed by atoms with Gasteiger partial charge in [0.1, 0.15) is 5.15 Å². The van der Waals surface area contributed by atoms with E-state index in [1.807, 2.05) is 0 Å². The maximum Gasteiger partial charge on any atom is 0.261 e. The van der Waals surface area contributed by atoms with Crippen LogP contribution >= 0.6 is 11.6 Å². The summed E-state index contributed by atoms with van der Waals surface area (Å²) in [6, 6.07) is 8.96. The SMILES string of the molecule is Nc1cccc(S(=O)(=O)Nc2ccnc(Cl)c2)c1. The highest BCUT2D eigenvalue weighted by Crippen LogP contribution is 2.19. The van der Waals surface area contributed by atoms with Gasteiger partial charge in [0.05, 0.1) is 10.6 Å². The van der Waals surface area contributed by atoms with Gasteiger partial charge in [-0.15, -0.1) is 0 Å². The van der Waals surface area contributed by atoms with E-state index in [2.05, 4.69) is 9.71 Å². The summed E-state index contributed by atoms with van der Waals surface area (Å²) >= 11 is 5.68. The minimum Gasteiger partial charge on any atom is -0.399 e. The van der Waals surface area contributed by atoms with Gasteiger partial charge in [0, 0.05) is 11.9 Å². The summed E-state index contributed by atoms with van der Waals surface area (Å²) in [7, 11) is -3.67. The average Bonchev–Trinajstić information content (AvgIpc) is 2.28. The fourth-order valence-electron chi connectivity index (χ4n) is 1.36. The number of rotatable bonds is 3. The van der Waals surface area contributed by atoms with Gasteiger partial charge in [-0.3, -0.25) is 4.72 Å². The van der Waals surface area contributed by atoms with Gasteiger partial charge < -0.3 is 5.73 Å². The first-order chi connectivity index (χ1) is 8.47. The number of nitrogen functional groups attached to an aromatic ring is 1. The normalized spacial score (nSPS) is 11.2. The number of sulfonamides is 1. The molecule has 3 N–H and O–H groups in total. The molecule has 7 heteroatoms. The predicted molar refractivity (Wildman–Crippen MR) is 70.9 cm³/mol. The third-order valence-electron chi connectivity index (χ3n) is 2.15. The molecule has 0 aliphatic heterocycles. The topological polar surface area (TPSA) is 85.1 Å². The van der Waals surface area contributed by atoms with Gasteiger partial charge in [0.15, 0.2) is 0 Å². The van der Waals surface area contributed by atoms with Crippen LogP contribution in [0.1, 0.15) is 0 Å². The van der Waals surface area contributed by atoms with Crippen molar-refractivity contribution in [1.82, 2.24) is 4.98 Å². The summed E-state index contributed by atoms with van der Waals surface area (Å²) < 4.78 is 26.5. The quantitative estimate of drug-likeness (QED) is 0.667. The zero-order valence-electron chi connectivity index (χ0n) is 9.17. The van der Waals surface area contributed by atoms with E-state index in [9.17, 15) is 8.42 Å². The molecule has 94 valence electrons. The van der Waals surface area contributed by atoms with Crippen molar-refractivity contribution in [3.8, 4) is 0 Å². The smallest absolute Gasteiger partial charge is 0.261 e. The minimum absolute atomic E-state index is 0.0930. The summed E-state index contributed by atoms with van der Waals surface area (Å²) in [6.45, 7) is 0. The van der Waals surface area contributed by atoms with Crippen molar-refractivity contribution in [2.24, 2.45) is 0 Å². The Bertz CT molecular complexity index is 673. The number of benzene rings is 1. The van der Waals surface area contributed by atoms with Crippen LogP contribution in [0.4, 0.5) is 11.4 Å². The fourth-order valence-corrected chi connectivity index (χ4v) is 2.64. The average molecular weight is 284 g/mol. The molecule has 0 spiro atoms. The largest absolute Gasteiger partial charge is 0.399 e. The lowest BCUT2D eigenvalue weighted by Gasteiger charge is -2.08. The van der Waals surface area contributed by atoms with Crippen LogP contribution in [-0.4, -0.2) is 13.4 Å². The van der Waals surface area contributed by atoms with Crippen molar-refractivity contribution in [2.75, 3.05) is 10.5 Å². The monoisotopic (exact) mass is 283 g/mol. The van der Waals surface area contributed by atoms with E-state index in [0.29, 0.717) is 11.4 Å². The number of hydrogen-bond acceptors (Lipinski definition) is 4.